The summed E-state index contributed by atoms with van der Waals surface area (Å²) in [6.45, 7) is 0. The van der Waals surface area contributed by atoms with Crippen molar-refractivity contribution in [2.45, 2.75) is 12.5 Å². The van der Waals surface area contributed by atoms with Crippen LogP contribution in [0.25, 0.3) is 6.08 Å². The summed E-state index contributed by atoms with van der Waals surface area (Å²) in [4.78, 5) is 21.5. The molecule has 0 saturated carbocycles. The number of hydrogen-bond donors (Lipinski definition) is 2. The van der Waals surface area contributed by atoms with Crippen LogP contribution in [0.15, 0.2) is 28.9 Å². The Hall–Kier alpha value is -1.88. The number of rotatable bonds is 5. The van der Waals surface area contributed by atoms with E-state index in [1.54, 1.807) is 12.1 Å². The maximum absolute atomic E-state index is 11.2. The lowest BCUT2D eigenvalue weighted by Gasteiger charge is -2.01. The van der Waals surface area contributed by atoms with Crippen molar-refractivity contribution in [1.82, 2.24) is 0 Å². The van der Waals surface area contributed by atoms with Gasteiger partial charge in [0.2, 0.25) is 0 Å². The van der Waals surface area contributed by atoms with Gasteiger partial charge in [0, 0.05) is 6.42 Å². The van der Waals surface area contributed by atoms with Crippen molar-refractivity contribution in [1.29, 1.82) is 0 Å². The molecule has 0 aromatic carbocycles. The number of hydrogen-bond acceptors (Lipinski definition) is 4. The lowest BCUT2D eigenvalue weighted by molar-refractivity contribution is -0.139. The summed E-state index contributed by atoms with van der Waals surface area (Å²) in [6.07, 6.45) is 3.98. The fourth-order valence-corrected chi connectivity index (χ4v) is 0.933. The molecule has 5 heteroatoms. The Morgan fingerprint density at radius 1 is 1.60 bits per heavy atom. The molecule has 0 aliphatic carbocycles. The van der Waals surface area contributed by atoms with E-state index >= 15 is 0 Å². The molecule has 0 fully saturated rings. The highest BCUT2D eigenvalue weighted by atomic mass is 16.4. The van der Waals surface area contributed by atoms with Crippen molar-refractivity contribution < 1.29 is 19.1 Å². The average molecular weight is 209 g/mol. The van der Waals surface area contributed by atoms with Gasteiger partial charge in [0.05, 0.1) is 6.26 Å². The third-order valence-corrected chi connectivity index (χ3v) is 1.71. The van der Waals surface area contributed by atoms with Crippen molar-refractivity contribution in [3.63, 3.8) is 0 Å². The predicted octanol–water partition coefficient (Wildman–Crippen LogP) is 0.664. The Labute approximate surface area is 86.2 Å². The number of carboxylic acids is 1. The molecule has 0 aliphatic heterocycles. The highest BCUT2D eigenvalue weighted by Gasteiger charge is 2.14. The van der Waals surface area contributed by atoms with E-state index in [2.05, 4.69) is 0 Å². The Morgan fingerprint density at radius 2 is 2.33 bits per heavy atom. The van der Waals surface area contributed by atoms with Gasteiger partial charge in [-0.05, 0) is 24.3 Å². The number of ketones is 1. The lowest BCUT2D eigenvalue weighted by Crippen LogP contribution is -2.32. The SMILES string of the molecule is N[C@@H](CC(=O)C=Cc1ccco1)C(=O)O. The first-order chi connectivity index (χ1) is 7.09. The second-order valence-electron chi connectivity index (χ2n) is 2.96. The average Bonchev–Trinajstić information content (AvgIpc) is 2.66. The molecule has 3 N–H and O–H groups in total. The number of allylic oxidation sites excluding steroid dienone is 1. The van der Waals surface area contributed by atoms with Crippen molar-refractivity contribution in [2.75, 3.05) is 0 Å². The summed E-state index contributed by atoms with van der Waals surface area (Å²) in [5.41, 5.74) is 5.19. The number of furan rings is 1. The fourth-order valence-electron chi connectivity index (χ4n) is 0.933. The molecular weight excluding hydrogens is 198 g/mol. The van der Waals surface area contributed by atoms with Crippen molar-refractivity contribution >= 4 is 17.8 Å². The van der Waals surface area contributed by atoms with Crippen LogP contribution in [0.3, 0.4) is 0 Å². The van der Waals surface area contributed by atoms with Gasteiger partial charge >= 0.3 is 5.97 Å². The zero-order valence-electron chi connectivity index (χ0n) is 7.92. The molecule has 80 valence electrons. The smallest absolute Gasteiger partial charge is 0.320 e. The second-order valence-corrected chi connectivity index (χ2v) is 2.96. The van der Waals surface area contributed by atoms with Gasteiger partial charge in [0.25, 0.3) is 0 Å². The molecule has 1 aromatic heterocycles. The largest absolute Gasteiger partial charge is 0.480 e. The third-order valence-electron chi connectivity index (χ3n) is 1.71. The van der Waals surface area contributed by atoms with Gasteiger partial charge in [-0.25, -0.2) is 0 Å². The van der Waals surface area contributed by atoms with Crippen LogP contribution in [0.2, 0.25) is 0 Å². The van der Waals surface area contributed by atoms with Gasteiger partial charge in [-0.2, -0.15) is 0 Å². The first kappa shape index (κ1) is 11.2. The van der Waals surface area contributed by atoms with Gasteiger partial charge in [0.15, 0.2) is 5.78 Å². The van der Waals surface area contributed by atoms with E-state index < -0.39 is 12.0 Å². The van der Waals surface area contributed by atoms with Crippen LogP contribution >= 0.6 is 0 Å². The molecule has 0 spiro atoms. The molecule has 0 bridgehead atoms. The molecule has 5 nitrogen and oxygen atoms in total. The second kappa shape index (κ2) is 5.11. The van der Waals surface area contributed by atoms with Crippen LogP contribution in [0.4, 0.5) is 0 Å². The van der Waals surface area contributed by atoms with E-state index in [9.17, 15) is 9.59 Å². The number of carbonyl (C=O) groups excluding carboxylic acids is 1. The van der Waals surface area contributed by atoms with E-state index in [4.69, 9.17) is 15.3 Å². The topological polar surface area (TPSA) is 93.5 Å². The van der Waals surface area contributed by atoms with Gasteiger partial charge < -0.3 is 15.3 Å². The molecule has 0 amide bonds. The van der Waals surface area contributed by atoms with Crippen molar-refractivity contribution in [2.24, 2.45) is 5.73 Å². The van der Waals surface area contributed by atoms with Crippen molar-refractivity contribution in [3.05, 3.63) is 30.2 Å². The van der Waals surface area contributed by atoms with E-state index in [0.717, 1.165) is 0 Å². The Balaban J connectivity index is 2.46. The minimum Gasteiger partial charge on any atom is -0.480 e. The zero-order chi connectivity index (χ0) is 11.3. The van der Waals surface area contributed by atoms with Gasteiger partial charge in [-0.15, -0.1) is 0 Å². The quantitative estimate of drug-likeness (QED) is 0.695. The third kappa shape index (κ3) is 3.78. The van der Waals surface area contributed by atoms with Gasteiger partial charge in [-0.3, -0.25) is 9.59 Å². The summed E-state index contributed by atoms with van der Waals surface area (Å²) in [5, 5.41) is 8.46. The molecule has 1 rings (SSSR count). The van der Waals surface area contributed by atoms with Gasteiger partial charge in [-0.1, -0.05) is 0 Å². The maximum atomic E-state index is 11.2. The summed E-state index contributed by atoms with van der Waals surface area (Å²) in [5.74, 6) is -0.997. The van der Waals surface area contributed by atoms with E-state index in [-0.39, 0.29) is 12.2 Å². The normalized spacial score (nSPS) is 12.9. The predicted molar refractivity (Wildman–Crippen MR) is 53.0 cm³/mol. The zero-order valence-corrected chi connectivity index (χ0v) is 7.92. The first-order valence-corrected chi connectivity index (χ1v) is 4.32. The highest BCUT2D eigenvalue weighted by molar-refractivity contribution is 5.96. The summed E-state index contributed by atoms with van der Waals surface area (Å²) in [6, 6.07) is 2.22. The lowest BCUT2D eigenvalue weighted by atomic mass is 10.1. The minimum atomic E-state index is -1.19. The van der Waals surface area contributed by atoms with E-state index in [1.165, 1.54) is 18.4 Å². The molecule has 1 heterocycles. The van der Waals surface area contributed by atoms with Crippen LogP contribution in [0, 0.1) is 0 Å². The van der Waals surface area contributed by atoms with E-state index in [0.29, 0.717) is 5.76 Å². The molecule has 0 unspecified atom stereocenters. The van der Waals surface area contributed by atoms with Gasteiger partial charge in [0.1, 0.15) is 11.8 Å². The van der Waals surface area contributed by atoms with Crippen LogP contribution in [-0.4, -0.2) is 22.9 Å². The van der Waals surface area contributed by atoms with Crippen LogP contribution < -0.4 is 5.73 Å². The molecule has 1 aromatic rings. The van der Waals surface area contributed by atoms with E-state index in [1.807, 2.05) is 0 Å². The molecule has 0 aliphatic rings. The number of nitrogens with two attached hydrogens (primary N) is 1. The van der Waals surface area contributed by atoms with Crippen molar-refractivity contribution in [3.8, 4) is 0 Å². The number of aliphatic carboxylic acids is 1. The number of carbonyl (C=O) groups is 2. The van der Waals surface area contributed by atoms with Crippen LogP contribution in [0.5, 0.6) is 0 Å². The number of carboxylic acid groups (broad SMARTS) is 1. The maximum Gasteiger partial charge on any atom is 0.320 e. The van der Waals surface area contributed by atoms with Crippen LogP contribution in [-0.2, 0) is 9.59 Å². The Morgan fingerprint density at radius 3 is 2.87 bits per heavy atom. The monoisotopic (exact) mass is 209 g/mol. The first-order valence-electron chi connectivity index (χ1n) is 4.32. The Kier molecular flexibility index (Phi) is 3.82. The minimum absolute atomic E-state index is 0.216. The fraction of sp³-hybridized carbons (Fsp3) is 0.200. The molecule has 15 heavy (non-hydrogen) atoms. The standard InChI is InChI=1S/C10H11NO4/c11-9(10(13)14)6-7(12)3-4-8-2-1-5-15-8/h1-5,9H,6,11H2,(H,13,14)/t9-/m0/s1. The summed E-state index contributed by atoms with van der Waals surface area (Å²) in [7, 11) is 0. The summed E-state index contributed by atoms with van der Waals surface area (Å²) >= 11 is 0. The summed E-state index contributed by atoms with van der Waals surface area (Å²) < 4.78 is 4.95. The highest BCUT2D eigenvalue weighted by Crippen LogP contribution is 2.03. The Bertz CT molecular complexity index is 367. The molecule has 1 atom stereocenters. The molecular formula is C10H11NO4. The van der Waals surface area contributed by atoms with Crippen LogP contribution in [0.1, 0.15) is 12.2 Å². The molecule has 0 radical (unpaired) electrons. The molecule has 0 saturated heterocycles.